The van der Waals surface area contributed by atoms with Gasteiger partial charge in [-0.05, 0) is 23.8 Å². The number of carbonyl (C=O) groups is 2. The minimum absolute atomic E-state index is 0.0960. The van der Waals surface area contributed by atoms with Gasteiger partial charge in [-0.25, -0.2) is 4.79 Å². The van der Waals surface area contributed by atoms with E-state index in [4.69, 9.17) is 11.2 Å². The molecular weight excluding hydrogens is 318 g/mol. The van der Waals surface area contributed by atoms with Crippen molar-refractivity contribution in [1.82, 2.24) is 4.90 Å². The Labute approximate surface area is 145 Å². The maximum Gasteiger partial charge on any atom is 0.335 e. The van der Waals surface area contributed by atoms with E-state index in [1.54, 1.807) is 55.6 Å². The highest BCUT2D eigenvalue weighted by Crippen LogP contribution is 2.42. The number of methoxy groups -OCH3 is 1. The average Bonchev–Trinajstić information content (AvgIpc) is 2.86. The highest BCUT2D eigenvalue weighted by Gasteiger charge is 2.54. The number of hydrogen-bond donors (Lipinski definition) is 1. The summed E-state index contributed by atoms with van der Waals surface area (Å²) in [6.45, 7) is 0.144. The highest BCUT2D eigenvalue weighted by molar-refractivity contribution is 6.05. The van der Waals surface area contributed by atoms with Crippen molar-refractivity contribution < 1.29 is 19.4 Å². The van der Waals surface area contributed by atoms with E-state index in [0.29, 0.717) is 16.9 Å². The van der Waals surface area contributed by atoms with Crippen LogP contribution in [0.3, 0.4) is 0 Å². The number of carbonyl (C=O) groups excluding carboxylic acids is 1. The lowest BCUT2D eigenvalue weighted by molar-refractivity contribution is -0.150. The van der Waals surface area contributed by atoms with Gasteiger partial charge in [-0.2, -0.15) is 0 Å². The Bertz CT molecular complexity index is 866. The lowest BCUT2D eigenvalue weighted by Gasteiger charge is -2.34. The van der Waals surface area contributed by atoms with Crippen LogP contribution in [0.1, 0.15) is 27.9 Å². The molecule has 0 aliphatic carbocycles. The first-order valence-corrected chi connectivity index (χ1v) is 7.76. The molecule has 0 spiro atoms. The number of carboxylic acid groups (broad SMARTS) is 1. The smallest absolute Gasteiger partial charge is 0.335 e. The van der Waals surface area contributed by atoms with Crippen LogP contribution in [0.4, 0.5) is 0 Å². The first-order chi connectivity index (χ1) is 12.0. The monoisotopic (exact) mass is 335 g/mol. The minimum atomic E-state index is -1.55. The van der Waals surface area contributed by atoms with E-state index in [2.05, 4.69) is 5.92 Å². The Balaban J connectivity index is 2.08. The number of benzene rings is 2. The van der Waals surface area contributed by atoms with Crippen molar-refractivity contribution in [3.05, 3.63) is 65.2 Å². The lowest BCUT2D eigenvalue weighted by Crippen LogP contribution is -2.49. The zero-order chi connectivity index (χ0) is 18.0. The first-order valence-electron chi connectivity index (χ1n) is 7.76. The molecule has 1 aliphatic rings. The van der Waals surface area contributed by atoms with Crippen LogP contribution in [0, 0.1) is 12.3 Å². The number of amides is 1. The number of terminal acetylenes is 1. The fraction of sp³-hybridized carbons (Fsp3) is 0.200. The predicted octanol–water partition coefficient (Wildman–Crippen LogP) is 2.65. The summed E-state index contributed by atoms with van der Waals surface area (Å²) in [6, 6.07) is 13.9. The van der Waals surface area contributed by atoms with Gasteiger partial charge in [0, 0.05) is 24.1 Å². The standard InChI is InChI=1S/C20H17NO4/c1-3-12-20(19(23)24)17-7-5-4-6-16(17)18(22)21(20)13-14-8-10-15(25-2)11-9-14/h1,4-11H,12-13H2,2H3,(H,23,24). The van der Waals surface area contributed by atoms with Crippen molar-refractivity contribution in [2.75, 3.05) is 7.11 Å². The van der Waals surface area contributed by atoms with Crippen LogP contribution in [-0.2, 0) is 16.9 Å². The third kappa shape index (κ3) is 2.52. The molecule has 0 bridgehead atoms. The summed E-state index contributed by atoms with van der Waals surface area (Å²) in [6.07, 6.45) is 5.36. The molecule has 1 unspecified atom stereocenters. The molecule has 5 nitrogen and oxygen atoms in total. The van der Waals surface area contributed by atoms with Gasteiger partial charge in [0.15, 0.2) is 5.54 Å². The quantitative estimate of drug-likeness (QED) is 0.853. The van der Waals surface area contributed by atoms with Crippen LogP contribution in [0.25, 0.3) is 0 Å². The first kappa shape index (κ1) is 16.6. The Morgan fingerprint density at radius 2 is 1.92 bits per heavy atom. The fourth-order valence-electron chi connectivity index (χ4n) is 3.26. The maximum absolute atomic E-state index is 12.9. The number of carboxylic acids is 1. The topological polar surface area (TPSA) is 66.8 Å². The van der Waals surface area contributed by atoms with Crippen LogP contribution in [0.5, 0.6) is 5.75 Å². The molecule has 0 radical (unpaired) electrons. The second-order valence-corrected chi connectivity index (χ2v) is 5.83. The van der Waals surface area contributed by atoms with Crippen molar-refractivity contribution in [2.24, 2.45) is 0 Å². The zero-order valence-corrected chi connectivity index (χ0v) is 13.7. The molecule has 1 N–H and O–H groups in total. The Morgan fingerprint density at radius 3 is 2.52 bits per heavy atom. The van der Waals surface area contributed by atoms with Gasteiger partial charge in [-0.15, -0.1) is 12.3 Å². The van der Waals surface area contributed by atoms with Crippen LogP contribution in [0.15, 0.2) is 48.5 Å². The van der Waals surface area contributed by atoms with Crippen molar-refractivity contribution in [2.45, 2.75) is 18.5 Å². The van der Waals surface area contributed by atoms with Crippen molar-refractivity contribution >= 4 is 11.9 Å². The van der Waals surface area contributed by atoms with Crippen molar-refractivity contribution in [3.8, 4) is 18.1 Å². The van der Waals surface area contributed by atoms with Gasteiger partial charge < -0.3 is 14.7 Å². The largest absolute Gasteiger partial charge is 0.497 e. The van der Waals surface area contributed by atoms with Crippen LogP contribution < -0.4 is 4.74 Å². The van der Waals surface area contributed by atoms with Crippen molar-refractivity contribution in [3.63, 3.8) is 0 Å². The van der Waals surface area contributed by atoms with E-state index in [-0.39, 0.29) is 18.9 Å². The summed E-state index contributed by atoms with van der Waals surface area (Å²) in [4.78, 5) is 26.5. The normalized spacial score (nSPS) is 18.6. The summed E-state index contributed by atoms with van der Waals surface area (Å²) in [5.41, 5.74) is 0.0692. The van der Waals surface area contributed by atoms with E-state index in [9.17, 15) is 14.7 Å². The Hall–Kier alpha value is -3.26. The van der Waals surface area contributed by atoms with Gasteiger partial charge in [0.2, 0.25) is 0 Å². The third-order valence-corrected chi connectivity index (χ3v) is 4.52. The Morgan fingerprint density at radius 1 is 1.24 bits per heavy atom. The third-order valence-electron chi connectivity index (χ3n) is 4.52. The number of ether oxygens (including phenoxy) is 1. The molecule has 1 amide bonds. The van der Waals surface area contributed by atoms with E-state index in [1.807, 2.05) is 0 Å². The average molecular weight is 335 g/mol. The summed E-state index contributed by atoms with van der Waals surface area (Å²) in [5.74, 6) is 1.66. The molecule has 1 heterocycles. The molecule has 3 rings (SSSR count). The molecule has 0 fully saturated rings. The summed E-state index contributed by atoms with van der Waals surface area (Å²) in [5, 5.41) is 9.98. The molecule has 0 aromatic heterocycles. The molecule has 0 saturated heterocycles. The maximum atomic E-state index is 12.9. The molecule has 126 valence electrons. The van der Waals surface area contributed by atoms with Crippen LogP contribution in [-0.4, -0.2) is 29.0 Å². The molecule has 1 atom stereocenters. The molecule has 0 saturated carbocycles. The van der Waals surface area contributed by atoms with Gasteiger partial charge >= 0.3 is 5.97 Å². The highest BCUT2D eigenvalue weighted by atomic mass is 16.5. The van der Waals surface area contributed by atoms with Gasteiger partial charge in [0.1, 0.15) is 5.75 Å². The molecule has 2 aromatic carbocycles. The van der Waals surface area contributed by atoms with Gasteiger partial charge in [-0.1, -0.05) is 30.3 Å². The number of rotatable bonds is 5. The van der Waals surface area contributed by atoms with E-state index in [1.165, 1.54) is 4.90 Å². The predicted molar refractivity (Wildman–Crippen MR) is 92.1 cm³/mol. The minimum Gasteiger partial charge on any atom is -0.497 e. The molecule has 5 heteroatoms. The number of fused-ring (bicyclic) bond motifs is 1. The SMILES string of the molecule is C#CCC1(C(=O)O)c2ccccc2C(=O)N1Cc1ccc(OC)cc1. The van der Waals surface area contributed by atoms with E-state index in [0.717, 1.165) is 5.56 Å². The van der Waals surface area contributed by atoms with Crippen molar-refractivity contribution in [1.29, 1.82) is 0 Å². The summed E-state index contributed by atoms with van der Waals surface area (Å²) < 4.78 is 5.13. The fourth-order valence-corrected chi connectivity index (χ4v) is 3.26. The van der Waals surface area contributed by atoms with Gasteiger partial charge in [0.05, 0.1) is 7.11 Å². The molecule has 2 aromatic rings. The Kier molecular flexibility index (Phi) is 4.20. The number of aliphatic carboxylic acids is 1. The van der Waals surface area contributed by atoms with E-state index >= 15 is 0 Å². The number of hydrogen-bond acceptors (Lipinski definition) is 3. The van der Waals surface area contributed by atoms with Crippen LogP contribution in [0.2, 0.25) is 0 Å². The summed E-state index contributed by atoms with van der Waals surface area (Å²) >= 11 is 0. The van der Waals surface area contributed by atoms with Crippen LogP contribution >= 0.6 is 0 Å². The molecule has 25 heavy (non-hydrogen) atoms. The van der Waals surface area contributed by atoms with Gasteiger partial charge in [-0.3, -0.25) is 4.79 Å². The summed E-state index contributed by atoms with van der Waals surface area (Å²) in [7, 11) is 1.57. The molecular formula is C20H17NO4. The second-order valence-electron chi connectivity index (χ2n) is 5.83. The second kappa shape index (κ2) is 6.33. The van der Waals surface area contributed by atoms with E-state index < -0.39 is 11.5 Å². The lowest BCUT2D eigenvalue weighted by atomic mass is 9.86. The number of nitrogens with zero attached hydrogens (tertiary/aromatic N) is 1. The molecule has 1 aliphatic heterocycles. The zero-order valence-electron chi connectivity index (χ0n) is 13.7. The van der Waals surface area contributed by atoms with Gasteiger partial charge in [0.25, 0.3) is 5.91 Å².